The number of ether oxygens (including phenoxy) is 1. The second-order valence-electron chi connectivity index (χ2n) is 5.80. The van der Waals surface area contributed by atoms with E-state index < -0.39 is 0 Å². The quantitative estimate of drug-likeness (QED) is 0.868. The third-order valence-electron chi connectivity index (χ3n) is 4.38. The minimum Gasteiger partial charge on any atom is -0.375 e. The predicted octanol–water partition coefficient (Wildman–Crippen LogP) is 2.94. The molecule has 3 rings (SSSR count). The number of aromatic nitrogens is 1. The predicted molar refractivity (Wildman–Crippen MR) is 79.2 cm³/mol. The van der Waals surface area contributed by atoms with Crippen molar-refractivity contribution in [1.82, 2.24) is 10.3 Å². The number of hydrogen-bond donors (Lipinski definition) is 1. The van der Waals surface area contributed by atoms with Crippen molar-refractivity contribution >= 4 is 15.9 Å². The molecule has 0 aromatic carbocycles. The van der Waals surface area contributed by atoms with Crippen molar-refractivity contribution in [2.75, 3.05) is 19.7 Å². The van der Waals surface area contributed by atoms with Gasteiger partial charge in [-0.1, -0.05) is 6.07 Å². The molecule has 1 aromatic rings. The van der Waals surface area contributed by atoms with Crippen LogP contribution in [-0.4, -0.2) is 30.3 Å². The fourth-order valence-electron chi connectivity index (χ4n) is 3.30. The molecule has 104 valence electrons. The van der Waals surface area contributed by atoms with Gasteiger partial charge in [-0.25, -0.2) is 4.98 Å². The molecule has 19 heavy (non-hydrogen) atoms. The lowest BCUT2D eigenvalue weighted by Crippen LogP contribution is -2.41. The number of rotatable bonds is 3. The Morgan fingerprint density at radius 2 is 2.21 bits per heavy atom. The summed E-state index contributed by atoms with van der Waals surface area (Å²) in [5.41, 5.74) is 1.38. The molecule has 0 radical (unpaired) electrons. The van der Waals surface area contributed by atoms with E-state index in [0.29, 0.717) is 5.92 Å². The molecule has 0 saturated carbocycles. The third-order valence-corrected chi connectivity index (χ3v) is 4.82. The number of pyridine rings is 1. The van der Waals surface area contributed by atoms with Gasteiger partial charge in [-0.05, 0) is 79.2 Å². The molecule has 0 bridgehead atoms. The van der Waals surface area contributed by atoms with Gasteiger partial charge >= 0.3 is 0 Å². The van der Waals surface area contributed by atoms with Gasteiger partial charge < -0.3 is 10.1 Å². The van der Waals surface area contributed by atoms with Gasteiger partial charge in [0.2, 0.25) is 0 Å². The van der Waals surface area contributed by atoms with Crippen LogP contribution in [0.25, 0.3) is 0 Å². The zero-order valence-corrected chi connectivity index (χ0v) is 12.8. The molecule has 3 heterocycles. The zero-order chi connectivity index (χ0) is 13.1. The number of piperidine rings is 1. The van der Waals surface area contributed by atoms with Crippen LogP contribution in [0, 0.1) is 5.92 Å². The summed E-state index contributed by atoms with van der Waals surface area (Å²) in [6.07, 6.45) is 5.85. The van der Waals surface area contributed by atoms with Crippen LogP contribution in [0.5, 0.6) is 0 Å². The van der Waals surface area contributed by atoms with Crippen LogP contribution >= 0.6 is 15.9 Å². The van der Waals surface area contributed by atoms with E-state index in [0.717, 1.165) is 30.7 Å². The third kappa shape index (κ3) is 3.36. The Morgan fingerprint density at radius 3 is 3.00 bits per heavy atom. The Morgan fingerprint density at radius 1 is 1.37 bits per heavy atom. The first-order chi connectivity index (χ1) is 9.26. The molecule has 1 atom stereocenters. The molecule has 4 heteroatoms. The number of nitrogens with zero attached hydrogens (tertiary/aromatic N) is 1. The van der Waals surface area contributed by atoms with Gasteiger partial charge in [0.15, 0.2) is 0 Å². The van der Waals surface area contributed by atoms with E-state index in [1.54, 1.807) is 0 Å². The molecule has 2 aliphatic rings. The fourth-order valence-corrected chi connectivity index (χ4v) is 3.68. The normalized spacial score (nSPS) is 25.8. The van der Waals surface area contributed by atoms with Crippen LogP contribution < -0.4 is 5.32 Å². The molecular weight excluding hydrogens is 304 g/mol. The van der Waals surface area contributed by atoms with Gasteiger partial charge in [-0.15, -0.1) is 0 Å². The molecule has 1 spiro atoms. The summed E-state index contributed by atoms with van der Waals surface area (Å²) in [5, 5.41) is 3.42. The summed E-state index contributed by atoms with van der Waals surface area (Å²) < 4.78 is 7.07. The van der Waals surface area contributed by atoms with Crippen LogP contribution in [0.4, 0.5) is 0 Å². The number of halogens is 1. The number of aryl methyl sites for hydroxylation is 1. The Balaban J connectivity index is 1.52. The minimum absolute atomic E-state index is 0.195. The van der Waals surface area contributed by atoms with Crippen molar-refractivity contribution in [3.8, 4) is 0 Å². The summed E-state index contributed by atoms with van der Waals surface area (Å²) in [5.74, 6) is 0.707. The fraction of sp³-hybridized carbons (Fsp3) is 0.667. The monoisotopic (exact) mass is 324 g/mol. The maximum Gasteiger partial charge on any atom is 0.106 e. The summed E-state index contributed by atoms with van der Waals surface area (Å²) in [6, 6.07) is 6.15. The van der Waals surface area contributed by atoms with Gasteiger partial charge in [0.25, 0.3) is 0 Å². The van der Waals surface area contributed by atoms with E-state index in [1.165, 1.54) is 31.4 Å². The highest BCUT2D eigenvalue weighted by Crippen LogP contribution is 2.38. The second kappa shape index (κ2) is 5.90. The highest BCUT2D eigenvalue weighted by atomic mass is 79.9. The largest absolute Gasteiger partial charge is 0.375 e. The molecule has 1 aromatic heterocycles. The molecule has 0 aliphatic carbocycles. The van der Waals surface area contributed by atoms with E-state index in [2.05, 4.69) is 38.4 Å². The Kier molecular flexibility index (Phi) is 4.20. The van der Waals surface area contributed by atoms with E-state index in [-0.39, 0.29) is 5.60 Å². The van der Waals surface area contributed by atoms with Gasteiger partial charge in [0.05, 0.1) is 12.2 Å². The lowest BCUT2D eigenvalue weighted by molar-refractivity contribution is -0.0197. The lowest BCUT2D eigenvalue weighted by atomic mass is 9.84. The van der Waals surface area contributed by atoms with Crippen molar-refractivity contribution in [2.45, 2.75) is 37.7 Å². The molecule has 0 amide bonds. The molecule has 1 N–H and O–H groups in total. The van der Waals surface area contributed by atoms with Crippen LogP contribution in [0.2, 0.25) is 0 Å². The lowest BCUT2D eigenvalue weighted by Gasteiger charge is -2.33. The van der Waals surface area contributed by atoms with Crippen LogP contribution in [-0.2, 0) is 11.2 Å². The highest BCUT2D eigenvalue weighted by Gasteiger charge is 2.40. The zero-order valence-electron chi connectivity index (χ0n) is 11.2. The Hall–Kier alpha value is -0.450. The highest BCUT2D eigenvalue weighted by molar-refractivity contribution is 9.10. The molecular formula is C15H21BrN2O. The van der Waals surface area contributed by atoms with Crippen LogP contribution in [0.1, 0.15) is 31.4 Å². The first-order valence-corrected chi connectivity index (χ1v) is 8.01. The summed E-state index contributed by atoms with van der Waals surface area (Å²) in [6.45, 7) is 3.16. The SMILES string of the molecule is Brc1cccc(CCC2COC3(CCNCC3)C2)n1. The second-order valence-corrected chi connectivity index (χ2v) is 6.62. The van der Waals surface area contributed by atoms with Crippen molar-refractivity contribution in [1.29, 1.82) is 0 Å². The summed E-state index contributed by atoms with van der Waals surface area (Å²) in [7, 11) is 0. The van der Waals surface area contributed by atoms with E-state index in [9.17, 15) is 0 Å². The molecule has 2 fully saturated rings. The average Bonchev–Trinajstić information content (AvgIpc) is 2.80. The average molecular weight is 325 g/mol. The van der Waals surface area contributed by atoms with Crippen molar-refractivity contribution in [3.05, 3.63) is 28.5 Å². The minimum atomic E-state index is 0.195. The Bertz CT molecular complexity index is 432. The number of nitrogens with one attached hydrogen (secondary N) is 1. The van der Waals surface area contributed by atoms with Crippen LogP contribution in [0.3, 0.4) is 0 Å². The van der Waals surface area contributed by atoms with E-state index >= 15 is 0 Å². The van der Waals surface area contributed by atoms with Crippen molar-refractivity contribution in [3.63, 3.8) is 0 Å². The standard InChI is InChI=1S/C15H21BrN2O/c16-14-3-1-2-13(18-14)5-4-12-10-15(19-11-12)6-8-17-9-7-15/h1-3,12,17H,4-11H2. The first-order valence-electron chi connectivity index (χ1n) is 7.22. The van der Waals surface area contributed by atoms with Crippen LogP contribution in [0.15, 0.2) is 22.8 Å². The Labute approximate surface area is 123 Å². The summed E-state index contributed by atoms with van der Waals surface area (Å²) in [4.78, 5) is 4.50. The van der Waals surface area contributed by atoms with E-state index in [1.807, 2.05) is 6.07 Å². The first kappa shape index (κ1) is 13.5. The van der Waals surface area contributed by atoms with Gasteiger partial charge in [-0.2, -0.15) is 0 Å². The maximum atomic E-state index is 6.14. The van der Waals surface area contributed by atoms with E-state index in [4.69, 9.17) is 4.74 Å². The van der Waals surface area contributed by atoms with Crippen molar-refractivity contribution in [2.24, 2.45) is 5.92 Å². The molecule has 2 aliphatic heterocycles. The van der Waals surface area contributed by atoms with Gasteiger partial charge in [0.1, 0.15) is 4.60 Å². The van der Waals surface area contributed by atoms with Gasteiger partial charge in [0, 0.05) is 5.69 Å². The molecule has 2 saturated heterocycles. The topological polar surface area (TPSA) is 34.1 Å². The maximum absolute atomic E-state index is 6.14. The summed E-state index contributed by atoms with van der Waals surface area (Å²) >= 11 is 3.43. The van der Waals surface area contributed by atoms with Gasteiger partial charge in [-0.3, -0.25) is 0 Å². The van der Waals surface area contributed by atoms with Crippen molar-refractivity contribution < 1.29 is 4.74 Å². The molecule has 1 unspecified atom stereocenters. The smallest absolute Gasteiger partial charge is 0.106 e. The number of hydrogen-bond acceptors (Lipinski definition) is 3. The molecule has 3 nitrogen and oxygen atoms in total.